The Bertz CT molecular complexity index is 1700. The van der Waals surface area contributed by atoms with Gasteiger partial charge in [-0.1, -0.05) is 66.2 Å². The van der Waals surface area contributed by atoms with E-state index in [1.807, 2.05) is 68.4 Å². The fourth-order valence-electron chi connectivity index (χ4n) is 5.47. The van der Waals surface area contributed by atoms with Gasteiger partial charge in [0, 0.05) is 21.5 Å². The molecule has 1 unspecified atom stereocenters. The molecular weight excluding hydrogens is 622 g/mol. The molecular formula is C35H36BrN3O5. The molecule has 0 aliphatic carbocycles. The third kappa shape index (κ3) is 6.21. The quantitative estimate of drug-likeness (QED) is 0.229. The molecule has 8 nitrogen and oxygen atoms in total. The molecule has 0 bridgehead atoms. The number of rotatable bonds is 8. The molecule has 44 heavy (non-hydrogen) atoms. The van der Waals surface area contributed by atoms with Crippen LogP contribution in [0.4, 0.5) is 11.4 Å². The van der Waals surface area contributed by atoms with Gasteiger partial charge in [0.1, 0.15) is 11.8 Å². The molecule has 5 rings (SSSR count). The van der Waals surface area contributed by atoms with E-state index in [1.165, 1.54) is 0 Å². The summed E-state index contributed by atoms with van der Waals surface area (Å²) in [6.45, 7) is 5.49. The van der Waals surface area contributed by atoms with Crippen LogP contribution < -0.4 is 19.9 Å². The van der Waals surface area contributed by atoms with E-state index in [0.717, 1.165) is 20.8 Å². The lowest BCUT2D eigenvalue weighted by atomic mass is 10.0. The molecule has 9 heteroatoms. The molecule has 0 spiro atoms. The maximum Gasteiger partial charge on any atom is 0.258 e. The van der Waals surface area contributed by atoms with Crippen molar-refractivity contribution in [3.8, 4) is 5.75 Å². The normalized spacial score (nSPS) is 16.2. The summed E-state index contributed by atoms with van der Waals surface area (Å²) < 4.78 is 6.69. The monoisotopic (exact) mass is 657 g/mol. The average molecular weight is 659 g/mol. The third-order valence-electron chi connectivity index (χ3n) is 8.24. The minimum atomic E-state index is -1.00. The van der Waals surface area contributed by atoms with Crippen molar-refractivity contribution in [3.05, 3.63) is 100 Å². The van der Waals surface area contributed by atoms with E-state index in [-0.39, 0.29) is 36.7 Å². The Kier molecular flexibility index (Phi) is 9.36. The molecule has 0 fully saturated rings. The van der Waals surface area contributed by atoms with Crippen molar-refractivity contribution in [1.82, 2.24) is 5.32 Å². The first kappa shape index (κ1) is 31.2. The van der Waals surface area contributed by atoms with Crippen molar-refractivity contribution in [2.24, 2.45) is 5.92 Å². The second-order valence-electron chi connectivity index (χ2n) is 11.1. The largest absolute Gasteiger partial charge is 0.496 e. The Morgan fingerprint density at radius 3 is 2.39 bits per heavy atom. The number of aliphatic hydroxyl groups excluding tert-OH is 1. The number of anilines is 2. The molecule has 0 radical (unpaired) electrons. The van der Waals surface area contributed by atoms with Crippen LogP contribution in [0.25, 0.3) is 10.8 Å². The molecule has 1 aliphatic heterocycles. The highest BCUT2D eigenvalue weighted by atomic mass is 79.9. The van der Waals surface area contributed by atoms with Crippen LogP contribution in [0.2, 0.25) is 0 Å². The standard InChI is InChI=1S/C35H36BrN3O5/c1-5-21(2)33(41)37-29-20-39(34(42)24-12-10-23(11-13-24)22(3)40)31-9-7-6-8-30(31)38(35(29)43)19-28-27-16-15-26(36)18-25(27)14-17-32(28)44-4/h6-18,21-22,29,40H,5,19-20H2,1-4H3,(H,37,41)/t21-,22?,29+/m1/s1. The maximum atomic E-state index is 14.5. The van der Waals surface area contributed by atoms with E-state index >= 15 is 0 Å². The second kappa shape index (κ2) is 13.2. The van der Waals surface area contributed by atoms with Gasteiger partial charge in [-0.25, -0.2) is 0 Å². The van der Waals surface area contributed by atoms with E-state index in [9.17, 15) is 19.5 Å². The Morgan fingerprint density at radius 1 is 1.02 bits per heavy atom. The lowest BCUT2D eigenvalue weighted by Crippen LogP contribution is -2.53. The number of ether oxygens (including phenoxy) is 1. The first-order valence-electron chi connectivity index (χ1n) is 14.7. The van der Waals surface area contributed by atoms with Crippen LogP contribution in [0.3, 0.4) is 0 Å². The lowest BCUT2D eigenvalue weighted by molar-refractivity contribution is -0.129. The predicted molar refractivity (Wildman–Crippen MR) is 176 cm³/mol. The molecule has 1 aliphatic rings. The molecule has 4 aromatic rings. The molecule has 0 aromatic heterocycles. The Labute approximate surface area is 265 Å². The second-order valence-corrected chi connectivity index (χ2v) is 12.0. The van der Waals surface area contributed by atoms with Crippen LogP contribution in [0.15, 0.2) is 83.3 Å². The summed E-state index contributed by atoms with van der Waals surface area (Å²) in [5.74, 6) is -0.584. The number of hydrogen-bond acceptors (Lipinski definition) is 5. The summed E-state index contributed by atoms with van der Waals surface area (Å²) in [7, 11) is 1.60. The van der Waals surface area contributed by atoms with Crippen molar-refractivity contribution in [2.45, 2.75) is 45.9 Å². The molecule has 3 amide bonds. The topological polar surface area (TPSA) is 99.2 Å². The van der Waals surface area contributed by atoms with Crippen molar-refractivity contribution < 1.29 is 24.2 Å². The van der Waals surface area contributed by atoms with Crippen molar-refractivity contribution >= 4 is 55.8 Å². The van der Waals surface area contributed by atoms with Gasteiger partial charge in [0.15, 0.2) is 0 Å². The number of carbonyl (C=O) groups is 3. The first-order valence-corrected chi connectivity index (χ1v) is 15.5. The first-order chi connectivity index (χ1) is 21.1. The number of amides is 3. The zero-order chi connectivity index (χ0) is 31.5. The summed E-state index contributed by atoms with van der Waals surface area (Å²) >= 11 is 3.54. The van der Waals surface area contributed by atoms with Gasteiger partial charge in [0.2, 0.25) is 5.91 Å². The summed E-state index contributed by atoms with van der Waals surface area (Å²) in [4.78, 5) is 44.9. The number of fused-ring (bicyclic) bond motifs is 2. The van der Waals surface area contributed by atoms with Gasteiger partial charge in [-0.2, -0.15) is 0 Å². The van der Waals surface area contributed by atoms with Crippen molar-refractivity contribution in [2.75, 3.05) is 23.5 Å². The van der Waals surface area contributed by atoms with Gasteiger partial charge in [0.05, 0.1) is 37.7 Å². The number of hydrogen-bond donors (Lipinski definition) is 2. The minimum absolute atomic E-state index is 0.0505. The van der Waals surface area contributed by atoms with Gasteiger partial charge in [-0.15, -0.1) is 0 Å². The highest BCUT2D eigenvalue weighted by Crippen LogP contribution is 2.38. The van der Waals surface area contributed by atoms with Crippen LogP contribution in [-0.4, -0.2) is 42.5 Å². The summed E-state index contributed by atoms with van der Waals surface area (Å²) in [5.41, 5.74) is 2.99. The van der Waals surface area contributed by atoms with Crippen LogP contribution in [0.1, 0.15) is 54.8 Å². The number of para-hydroxylation sites is 2. The maximum absolute atomic E-state index is 14.5. The number of methoxy groups -OCH3 is 1. The molecule has 0 saturated heterocycles. The molecule has 1 heterocycles. The molecule has 2 N–H and O–H groups in total. The predicted octanol–water partition coefficient (Wildman–Crippen LogP) is 6.39. The Balaban J connectivity index is 1.64. The summed E-state index contributed by atoms with van der Waals surface area (Å²) in [5, 5.41) is 14.8. The van der Waals surface area contributed by atoms with Crippen LogP contribution in [0.5, 0.6) is 5.75 Å². The summed E-state index contributed by atoms with van der Waals surface area (Å²) in [6, 6.07) is 22.8. The number of benzene rings is 4. The number of carbonyl (C=O) groups excluding carboxylic acids is 3. The number of nitrogens with one attached hydrogen (secondary N) is 1. The van der Waals surface area contributed by atoms with Gasteiger partial charge >= 0.3 is 0 Å². The fourth-order valence-corrected chi connectivity index (χ4v) is 5.85. The zero-order valence-corrected chi connectivity index (χ0v) is 26.8. The van der Waals surface area contributed by atoms with Gasteiger partial charge in [-0.3, -0.25) is 14.4 Å². The SMILES string of the molecule is CC[C@@H](C)C(=O)N[C@H]1CN(C(=O)c2ccc(C(C)O)cc2)c2ccccc2N(Cc2c(OC)ccc3cc(Br)ccc23)C1=O. The Hall–Kier alpha value is -4.21. The highest BCUT2D eigenvalue weighted by Gasteiger charge is 2.38. The Morgan fingerprint density at radius 2 is 1.73 bits per heavy atom. The number of halogens is 1. The fraction of sp³-hybridized carbons (Fsp3) is 0.286. The number of nitrogens with zero attached hydrogens (tertiary/aromatic N) is 2. The highest BCUT2D eigenvalue weighted by molar-refractivity contribution is 9.10. The smallest absolute Gasteiger partial charge is 0.258 e. The van der Waals surface area contributed by atoms with Crippen molar-refractivity contribution in [1.29, 1.82) is 0 Å². The zero-order valence-electron chi connectivity index (χ0n) is 25.2. The number of aliphatic hydroxyl groups is 1. The van der Waals surface area contributed by atoms with E-state index in [4.69, 9.17) is 4.74 Å². The van der Waals surface area contributed by atoms with E-state index < -0.39 is 12.1 Å². The van der Waals surface area contributed by atoms with Gasteiger partial charge < -0.3 is 25.0 Å². The molecule has 0 saturated carbocycles. The average Bonchev–Trinajstić information content (AvgIpc) is 3.14. The third-order valence-corrected chi connectivity index (χ3v) is 8.73. The van der Waals surface area contributed by atoms with E-state index in [1.54, 1.807) is 48.1 Å². The van der Waals surface area contributed by atoms with Crippen molar-refractivity contribution in [3.63, 3.8) is 0 Å². The van der Waals surface area contributed by atoms with Crippen LogP contribution >= 0.6 is 15.9 Å². The molecule has 4 aromatic carbocycles. The van der Waals surface area contributed by atoms with Crippen LogP contribution in [0, 0.1) is 5.92 Å². The van der Waals surface area contributed by atoms with E-state index in [0.29, 0.717) is 34.7 Å². The minimum Gasteiger partial charge on any atom is -0.496 e. The van der Waals surface area contributed by atoms with E-state index in [2.05, 4.69) is 21.2 Å². The lowest BCUT2D eigenvalue weighted by Gasteiger charge is -2.27. The molecule has 3 atom stereocenters. The van der Waals surface area contributed by atoms with Gasteiger partial charge in [0.25, 0.3) is 11.8 Å². The summed E-state index contributed by atoms with van der Waals surface area (Å²) in [6.07, 6.45) is -0.0610. The van der Waals surface area contributed by atoms with Gasteiger partial charge in [-0.05, 0) is 72.1 Å². The van der Waals surface area contributed by atoms with Crippen LogP contribution in [-0.2, 0) is 16.1 Å². The molecule has 228 valence electrons.